The first-order valence-corrected chi connectivity index (χ1v) is 11.8. The van der Waals surface area contributed by atoms with Crippen LogP contribution in [0.5, 0.6) is 0 Å². The highest BCUT2D eigenvalue weighted by molar-refractivity contribution is 5.80. The van der Waals surface area contributed by atoms with Crippen molar-refractivity contribution in [3.05, 3.63) is 35.6 Å². The molecule has 2 aliphatic rings. The van der Waals surface area contributed by atoms with Crippen molar-refractivity contribution in [2.24, 2.45) is 11.8 Å². The van der Waals surface area contributed by atoms with Crippen molar-refractivity contribution >= 4 is 17.7 Å². The lowest BCUT2D eigenvalue weighted by Gasteiger charge is -2.39. The Morgan fingerprint density at radius 1 is 1.21 bits per heavy atom. The number of nitrogens with one attached hydrogen (secondary N) is 1. The van der Waals surface area contributed by atoms with Crippen LogP contribution in [0, 0.1) is 29.0 Å². The van der Waals surface area contributed by atoms with Crippen LogP contribution in [0.4, 0.5) is 16.2 Å². The maximum Gasteiger partial charge on any atom is 0.225 e. The Hall–Kier alpha value is -3.21. The van der Waals surface area contributed by atoms with Gasteiger partial charge in [-0.1, -0.05) is 25.8 Å². The number of piperidine rings is 1. The van der Waals surface area contributed by atoms with Gasteiger partial charge < -0.3 is 16.0 Å². The first kappa shape index (κ1) is 23.0. The fraction of sp³-hybridized carbons (Fsp3) is 0.520. The van der Waals surface area contributed by atoms with Gasteiger partial charge in [0, 0.05) is 30.3 Å². The van der Waals surface area contributed by atoms with Crippen molar-refractivity contribution in [3.8, 4) is 17.3 Å². The standard InChI is InChI=1S/C25H31FN6O/c1-15-4-3-5-20(10-15)29-24(33)19-7-6-16(2)32(14-19)23-12-22(30-25(28)31-23)17-8-9-18(13-27)21(26)11-17/h8-9,11-12,15-16,19-20H,3-7,10,14H2,1-2H3,(H,29,33)(H2,28,30,31)/t15?,16-,19+,20?/m1/s1. The molecule has 33 heavy (non-hydrogen) atoms. The third-order valence-corrected chi connectivity index (χ3v) is 6.95. The molecule has 1 aromatic heterocycles. The summed E-state index contributed by atoms with van der Waals surface area (Å²) in [7, 11) is 0. The fourth-order valence-corrected chi connectivity index (χ4v) is 5.04. The zero-order chi connectivity index (χ0) is 23.5. The summed E-state index contributed by atoms with van der Waals surface area (Å²) in [6, 6.07) is 8.41. The quantitative estimate of drug-likeness (QED) is 0.728. The predicted octanol–water partition coefficient (Wildman–Crippen LogP) is 4.04. The average molecular weight is 451 g/mol. The highest BCUT2D eigenvalue weighted by atomic mass is 19.1. The minimum atomic E-state index is -0.603. The molecule has 0 radical (unpaired) electrons. The van der Waals surface area contributed by atoms with E-state index >= 15 is 0 Å². The monoisotopic (exact) mass is 450 g/mol. The number of nitrogen functional groups attached to an aromatic ring is 1. The third-order valence-electron chi connectivity index (χ3n) is 6.95. The molecule has 1 aromatic carbocycles. The molecule has 2 heterocycles. The molecule has 4 atom stereocenters. The summed E-state index contributed by atoms with van der Waals surface area (Å²) in [6.45, 7) is 4.91. The molecule has 2 unspecified atom stereocenters. The lowest BCUT2D eigenvalue weighted by atomic mass is 9.86. The van der Waals surface area contributed by atoms with E-state index in [1.807, 2.05) is 6.07 Å². The topological polar surface area (TPSA) is 108 Å². The van der Waals surface area contributed by atoms with Crippen LogP contribution < -0.4 is 16.0 Å². The Morgan fingerprint density at radius 2 is 2.03 bits per heavy atom. The van der Waals surface area contributed by atoms with Crippen LogP contribution in [0.2, 0.25) is 0 Å². The number of nitriles is 1. The van der Waals surface area contributed by atoms with Crippen LogP contribution in [-0.4, -0.2) is 34.5 Å². The van der Waals surface area contributed by atoms with Gasteiger partial charge in [-0.3, -0.25) is 4.79 Å². The molecule has 2 aromatic rings. The van der Waals surface area contributed by atoms with Crippen molar-refractivity contribution in [1.29, 1.82) is 5.26 Å². The number of aromatic nitrogens is 2. The van der Waals surface area contributed by atoms with Gasteiger partial charge in [0.15, 0.2) is 0 Å². The molecule has 1 aliphatic carbocycles. The molecule has 1 aliphatic heterocycles. The first-order chi connectivity index (χ1) is 15.8. The molecular weight excluding hydrogens is 419 g/mol. The van der Waals surface area contributed by atoms with Crippen molar-refractivity contribution in [2.45, 2.75) is 64.5 Å². The number of rotatable bonds is 4. The normalized spacial score (nSPS) is 25.3. The number of nitrogens with zero attached hydrogens (tertiary/aromatic N) is 4. The summed E-state index contributed by atoms with van der Waals surface area (Å²) in [5, 5.41) is 12.3. The molecule has 8 heteroatoms. The van der Waals surface area contributed by atoms with Crippen LogP contribution >= 0.6 is 0 Å². The number of benzene rings is 1. The molecule has 0 spiro atoms. The van der Waals surface area contributed by atoms with Gasteiger partial charge in [-0.05, 0) is 50.7 Å². The van der Waals surface area contributed by atoms with Gasteiger partial charge in [0.25, 0.3) is 0 Å². The SMILES string of the molecule is CC1CCCC(NC(=O)[C@H]2CC[C@@H](C)N(c3cc(-c4ccc(C#N)c(F)c4)nc(N)n3)C2)C1. The Bertz CT molecular complexity index is 1070. The van der Waals surface area contributed by atoms with Gasteiger partial charge in [-0.2, -0.15) is 10.2 Å². The van der Waals surface area contributed by atoms with Crippen LogP contribution in [0.1, 0.15) is 57.9 Å². The summed E-state index contributed by atoms with van der Waals surface area (Å²) in [5.74, 6) is 0.754. The molecule has 174 valence electrons. The molecule has 2 fully saturated rings. The van der Waals surface area contributed by atoms with Gasteiger partial charge in [0.1, 0.15) is 17.7 Å². The number of amides is 1. The van der Waals surface area contributed by atoms with E-state index in [1.54, 1.807) is 12.1 Å². The Morgan fingerprint density at radius 3 is 2.76 bits per heavy atom. The van der Waals surface area contributed by atoms with E-state index in [1.165, 1.54) is 25.0 Å². The zero-order valence-corrected chi connectivity index (χ0v) is 19.2. The molecular formula is C25H31FN6O. The number of halogens is 1. The van der Waals surface area contributed by atoms with E-state index in [0.717, 1.165) is 25.7 Å². The second kappa shape index (κ2) is 9.74. The summed E-state index contributed by atoms with van der Waals surface area (Å²) in [5.41, 5.74) is 6.98. The van der Waals surface area contributed by atoms with E-state index in [0.29, 0.717) is 29.5 Å². The number of carbonyl (C=O) groups excluding carboxylic acids is 1. The molecule has 0 bridgehead atoms. The van der Waals surface area contributed by atoms with E-state index in [4.69, 9.17) is 11.0 Å². The second-order valence-electron chi connectivity index (χ2n) is 9.53. The van der Waals surface area contributed by atoms with Crippen LogP contribution in [-0.2, 0) is 4.79 Å². The van der Waals surface area contributed by atoms with E-state index in [9.17, 15) is 9.18 Å². The Balaban J connectivity index is 1.53. The number of hydrogen-bond donors (Lipinski definition) is 2. The van der Waals surface area contributed by atoms with Crippen molar-refractivity contribution in [3.63, 3.8) is 0 Å². The summed E-state index contributed by atoms with van der Waals surface area (Å²) < 4.78 is 14.2. The summed E-state index contributed by atoms with van der Waals surface area (Å²) in [4.78, 5) is 23.8. The number of hydrogen-bond acceptors (Lipinski definition) is 6. The number of anilines is 2. The molecule has 3 N–H and O–H groups in total. The Labute approximate surface area is 194 Å². The predicted molar refractivity (Wildman–Crippen MR) is 126 cm³/mol. The van der Waals surface area contributed by atoms with Crippen LogP contribution in [0.3, 0.4) is 0 Å². The minimum Gasteiger partial charge on any atom is -0.368 e. The van der Waals surface area contributed by atoms with Gasteiger partial charge in [-0.25, -0.2) is 9.37 Å². The third kappa shape index (κ3) is 5.24. The average Bonchev–Trinajstić information content (AvgIpc) is 2.79. The Kier molecular flexibility index (Phi) is 6.77. The smallest absolute Gasteiger partial charge is 0.225 e. The largest absolute Gasteiger partial charge is 0.368 e. The van der Waals surface area contributed by atoms with Gasteiger partial charge in [-0.15, -0.1) is 0 Å². The molecule has 1 amide bonds. The van der Waals surface area contributed by atoms with Crippen LogP contribution in [0.25, 0.3) is 11.3 Å². The minimum absolute atomic E-state index is 0.0214. The van der Waals surface area contributed by atoms with Crippen molar-refractivity contribution in [2.75, 3.05) is 17.2 Å². The zero-order valence-electron chi connectivity index (χ0n) is 19.2. The van der Waals surface area contributed by atoms with Crippen LogP contribution in [0.15, 0.2) is 24.3 Å². The van der Waals surface area contributed by atoms with Gasteiger partial charge >= 0.3 is 0 Å². The lowest BCUT2D eigenvalue weighted by Crippen LogP contribution is -2.49. The summed E-state index contributed by atoms with van der Waals surface area (Å²) in [6.07, 6.45) is 6.20. The maximum atomic E-state index is 14.2. The highest BCUT2D eigenvalue weighted by Crippen LogP contribution is 2.31. The summed E-state index contributed by atoms with van der Waals surface area (Å²) >= 11 is 0. The van der Waals surface area contributed by atoms with E-state index < -0.39 is 5.82 Å². The van der Waals surface area contributed by atoms with E-state index in [2.05, 4.69) is 34.0 Å². The fourth-order valence-electron chi connectivity index (χ4n) is 5.04. The first-order valence-electron chi connectivity index (χ1n) is 11.8. The molecule has 4 rings (SSSR count). The number of carbonyl (C=O) groups is 1. The molecule has 7 nitrogen and oxygen atoms in total. The lowest BCUT2D eigenvalue weighted by molar-refractivity contribution is -0.126. The van der Waals surface area contributed by atoms with Crippen molar-refractivity contribution in [1.82, 2.24) is 15.3 Å². The number of nitrogens with two attached hydrogens (primary N) is 1. The van der Waals surface area contributed by atoms with Gasteiger partial charge in [0.05, 0.1) is 17.2 Å². The van der Waals surface area contributed by atoms with Gasteiger partial charge in [0.2, 0.25) is 11.9 Å². The highest BCUT2D eigenvalue weighted by Gasteiger charge is 2.32. The molecule has 1 saturated heterocycles. The maximum absolute atomic E-state index is 14.2. The molecule has 1 saturated carbocycles. The van der Waals surface area contributed by atoms with E-state index in [-0.39, 0.29) is 35.4 Å². The second-order valence-corrected chi connectivity index (χ2v) is 9.53. The van der Waals surface area contributed by atoms with Crippen molar-refractivity contribution < 1.29 is 9.18 Å².